The van der Waals surface area contributed by atoms with Crippen molar-refractivity contribution in [3.63, 3.8) is 0 Å². The number of amides is 1. The minimum Gasteiger partial charge on any atom is -0.307 e. The second-order valence-corrected chi connectivity index (χ2v) is 3.95. The minimum absolute atomic E-state index is 0.185. The average molecular weight is 238 g/mol. The Balaban J connectivity index is 1.99. The highest BCUT2D eigenvalue weighted by Gasteiger charge is 1.97. The van der Waals surface area contributed by atoms with Crippen LogP contribution in [0.1, 0.15) is 11.1 Å². The van der Waals surface area contributed by atoms with Crippen LogP contribution in [0, 0.1) is 6.92 Å². The first kappa shape index (κ1) is 12.0. The number of aryl methyl sites for hydroxylation is 1. The number of pyridine rings is 1. The zero-order valence-corrected chi connectivity index (χ0v) is 10.1. The predicted molar refractivity (Wildman–Crippen MR) is 73.1 cm³/mol. The molecule has 0 saturated carbocycles. The first-order valence-corrected chi connectivity index (χ1v) is 5.71. The molecule has 1 heterocycles. The van der Waals surface area contributed by atoms with Gasteiger partial charge in [0.05, 0.1) is 0 Å². The SMILES string of the molecule is Cc1cccc(/C=C/C(=O)Nc2ccccn2)c1. The van der Waals surface area contributed by atoms with Crippen LogP contribution in [0.4, 0.5) is 5.82 Å². The third-order valence-corrected chi connectivity index (χ3v) is 2.39. The summed E-state index contributed by atoms with van der Waals surface area (Å²) in [6.07, 6.45) is 4.93. The number of hydrogen-bond donors (Lipinski definition) is 1. The van der Waals surface area contributed by atoms with Crippen LogP contribution >= 0.6 is 0 Å². The number of hydrogen-bond acceptors (Lipinski definition) is 2. The molecular formula is C15H14N2O. The number of aromatic nitrogens is 1. The number of carbonyl (C=O) groups is 1. The van der Waals surface area contributed by atoms with Gasteiger partial charge in [-0.2, -0.15) is 0 Å². The van der Waals surface area contributed by atoms with Crippen LogP contribution in [0.5, 0.6) is 0 Å². The van der Waals surface area contributed by atoms with Crippen molar-refractivity contribution in [1.82, 2.24) is 4.98 Å². The third kappa shape index (κ3) is 3.56. The van der Waals surface area contributed by atoms with E-state index in [1.807, 2.05) is 37.3 Å². The first-order chi connectivity index (χ1) is 8.74. The van der Waals surface area contributed by atoms with E-state index in [-0.39, 0.29) is 5.91 Å². The fourth-order valence-electron chi connectivity index (χ4n) is 1.55. The van der Waals surface area contributed by atoms with E-state index in [2.05, 4.69) is 10.3 Å². The van der Waals surface area contributed by atoms with E-state index in [0.717, 1.165) is 5.56 Å². The van der Waals surface area contributed by atoms with Crippen molar-refractivity contribution in [3.05, 3.63) is 65.9 Å². The van der Waals surface area contributed by atoms with Gasteiger partial charge in [-0.05, 0) is 30.7 Å². The lowest BCUT2D eigenvalue weighted by Gasteiger charge is -1.99. The van der Waals surface area contributed by atoms with Gasteiger partial charge in [-0.3, -0.25) is 4.79 Å². The Morgan fingerprint density at radius 2 is 2.11 bits per heavy atom. The summed E-state index contributed by atoms with van der Waals surface area (Å²) in [4.78, 5) is 15.7. The molecule has 0 unspecified atom stereocenters. The zero-order chi connectivity index (χ0) is 12.8. The van der Waals surface area contributed by atoms with E-state index in [1.54, 1.807) is 24.4 Å². The molecule has 0 radical (unpaired) electrons. The van der Waals surface area contributed by atoms with Gasteiger partial charge in [-0.1, -0.05) is 35.9 Å². The van der Waals surface area contributed by atoms with Gasteiger partial charge in [0.1, 0.15) is 5.82 Å². The fourth-order valence-corrected chi connectivity index (χ4v) is 1.55. The van der Waals surface area contributed by atoms with Crippen LogP contribution in [0.2, 0.25) is 0 Å². The molecule has 3 nitrogen and oxygen atoms in total. The van der Waals surface area contributed by atoms with E-state index in [9.17, 15) is 4.79 Å². The number of rotatable bonds is 3. The summed E-state index contributed by atoms with van der Waals surface area (Å²) in [6.45, 7) is 2.02. The molecule has 0 bridgehead atoms. The quantitative estimate of drug-likeness (QED) is 0.835. The number of nitrogens with zero attached hydrogens (tertiary/aromatic N) is 1. The Morgan fingerprint density at radius 1 is 1.22 bits per heavy atom. The molecule has 0 aliphatic heterocycles. The molecular weight excluding hydrogens is 224 g/mol. The van der Waals surface area contributed by atoms with Gasteiger partial charge >= 0.3 is 0 Å². The number of anilines is 1. The summed E-state index contributed by atoms with van der Waals surface area (Å²) in [6, 6.07) is 13.3. The van der Waals surface area contributed by atoms with Crippen LogP contribution in [-0.2, 0) is 4.79 Å². The maximum Gasteiger partial charge on any atom is 0.249 e. The van der Waals surface area contributed by atoms with E-state index in [0.29, 0.717) is 5.82 Å². The Hall–Kier alpha value is -2.42. The lowest BCUT2D eigenvalue weighted by Crippen LogP contribution is -2.08. The molecule has 3 heteroatoms. The van der Waals surface area contributed by atoms with Gasteiger partial charge in [-0.15, -0.1) is 0 Å². The van der Waals surface area contributed by atoms with E-state index >= 15 is 0 Å². The van der Waals surface area contributed by atoms with Crippen molar-refractivity contribution < 1.29 is 4.79 Å². The van der Waals surface area contributed by atoms with Crippen LogP contribution in [-0.4, -0.2) is 10.9 Å². The van der Waals surface area contributed by atoms with Gasteiger partial charge in [0.25, 0.3) is 0 Å². The van der Waals surface area contributed by atoms with Crippen molar-refractivity contribution in [2.75, 3.05) is 5.32 Å². The van der Waals surface area contributed by atoms with Gasteiger partial charge in [0.2, 0.25) is 5.91 Å². The minimum atomic E-state index is -0.185. The Kier molecular flexibility index (Phi) is 3.86. The molecule has 1 N–H and O–H groups in total. The molecule has 1 aromatic carbocycles. The van der Waals surface area contributed by atoms with E-state index < -0.39 is 0 Å². The number of nitrogens with one attached hydrogen (secondary N) is 1. The smallest absolute Gasteiger partial charge is 0.249 e. The summed E-state index contributed by atoms with van der Waals surface area (Å²) >= 11 is 0. The summed E-state index contributed by atoms with van der Waals surface area (Å²) in [5.74, 6) is 0.367. The van der Waals surface area contributed by atoms with Crippen molar-refractivity contribution in [2.45, 2.75) is 6.92 Å². The van der Waals surface area contributed by atoms with Crippen LogP contribution < -0.4 is 5.32 Å². The normalized spacial score (nSPS) is 10.5. The summed E-state index contributed by atoms with van der Waals surface area (Å²) in [5.41, 5.74) is 2.17. The highest BCUT2D eigenvalue weighted by atomic mass is 16.1. The highest BCUT2D eigenvalue weighted by molar-refractivity contribution is 6.01. The highest BCUT2D eigenvalue weighted by Crippen LogP contribution is 2.06. The van der Waals surface area contributed by atoms with Crippen LogP contribution in [0.3, 0.4) is 0 Å². The van der Waals surface area contributed by atoms with Crippen molar-refractivity contribution in [1.29, 1.82) is 0 Å². The lowest BCUT2D eigenvalue weighted by atomic mass is 10.1. The third-order valence-electron chi connectivity index (χ3n) is 2.39. The van der Waals surface area contributed by atoms with Gasteiger partial charge in [0, 0.05) is 12.3 Å². The molecule has 2 rings (SSSR count). The molecule has 18 heavy (non-hydrogen) atoms. The summed E-state index contributed by atoms with van der Waals surface area (Å²) < 4.78 is 0. The van der Waals surface area contributed by atoms with E-state index in [4.69, 9.17) is 0 Å². The van der Waals surface area contributed by atoms with Gasteiger partial charge < -0.3 is 5.32 Å². The zero-order valence-electron chi connectivity index (χ0n) is 10.1. The molecule has 0 aliphatic rings. The van der Waals surface area contributed by atoms with E-state index in [1.165, 1.54) is 11.6 Å². The van der Waals surface area contributed by atoms with Crippen molar-refractivity contribution >= 4 is 17.8 Å². The lowest BCUT2D eigenvalue weighted by molar-refractivity contribution is -0.111. The van der Waals surface area contributed by atoms with Crippen molar-refractivity contribution in [2.24, 2.45) is 0 Å². The Labute approximate surface area is 106 Å². The van der Waals surface area contributed by atoms with Gasteiger partial charge in [-0.25, -0.2) is 4.98 Å². The Bertz CT molecular complexity index is 562. The monoisotopic (exact) mass is 238 g/mol. The topological polar surface area (TPSA) is 42.0 Å². The van der Waals surface area contributed by atoms with Gasteiger partial charge in [0.15, 0.2) is 0 Å². The molecule has 0 saturated heterocycles. The first-order valence-electron chi connectivity index (χ1n) is 5.71. The second kappa shape index (κ2) is 5.77. The molecule has 1 aromatic heterocycles. The number of benzene rings is 1. The largest absolute Gasteiger partial charge is 0.307 e. The van der Waals surface area contributed by atoms with Crippen molar-refractivity contribution in [3.8, 4) is 0 Å². The molecule has 90 valence electrons. The molecule has 2 aromatic rings. The molecule has 0 fully saturated rings. The van der Waals surface area contributed by atoms with Crippen LogP contribution in [0.25, 0.3) is 6.08 Å². The fraction of sp³-hybridized carbons (Fsp3) is 0.0667. The second-order valence-electron chi connectivity index (χ2n) is 3.95. The van der Waals surface area contributed by atoms with Crippen LogP contribution in [0.15, 0.2) is 54.7 Å². The molecule has 0 atom stereocenters. The summed E-state index contributed by atoms with van der Waals surface area (Å²) in [7, 11) is 0. The average Bonchev–Trinajstić information content (AvgIpc) is 2.38. The predicted octanol–water partition coefficient (Wildman–Crippen LogP) is 3.04. The molecule has 0 aliphatic carbocycles. The maximum absolute atomic E-state index is 11.6. The Morgan fingerprint density at radius 3 is 2.83 bits per heavy atom. The molecule has 1 amide bonds. The molecule has 0 spiro atoms. The number of carbonyl (C=O) groups excluding carboxylic acids is 1. The standard InChI is InChI=1S/C15H14N2O/c1-12-5-4-6-13(11-12)8-9-15(18)17-14-7-2-3-10-16-14/h2-11H,1H3,(H,16,17,18)/b9-8+. The maximum atomic E-state index is 11.6. The summed E-state index contributed by atoms with van der Waals surface area (Å²) in [5, 5.41) is 2.69.